The van der Waals surface area contributed by atoms with Crippen LogP contribution < -0.4 is 0 Å². The largest absolute Gasteiger partial charge is 0.263 e. The zero-order valence-corrected chi connectivity index (χ0v) is 5.84. The number of rotatable bonds is 0. The quantitative estimate of drug-likeness (QED) is 0.490. The maximum absolute atomic E-state index is 10.1. The molecule has 0 saturated heterocycles. The molecule has 0 aliphatic carbocycles. The van der Waals surface area contributed by atoms with E-state index >= 15 is 0 Å². The summed E-state index contributed by atoms with van der Waals surface area (Å²) in [6, 6.07) is 0. The van der Waals surface area contributed by atoms with Gasteiger partial charge in [-0.05, 0) is 12.1 Å². The lowest BCUT2D eigenvalue weighted by atomic mass is 11.2. The normalized spacial score (nSPS) is 4.70. The van der Waals surface area contributed by atoms with Crippen molar-refractivity contribution >= 4 is 11.6 Å². The van der Waals surface area contributed by atoms with E-state index < -0.39 is 6.08 Å². The van der Waals surface area contributed by atoms with E-state index in [9.17, 15) is 13.2 Å². The topological polar surface area (TPSA) is 0 Å². The molecule has 0 unspecified atom stereocenters. The van der Waals surface area contributed by atoms with Crippen LogP contribution in [0.1, 0.15) is 0 Å². The third-order valence-corrected chi connectivity index (χ3v) is 0. The molecule has 0 aliphatic rings. The van der Waals surface area contributed by atoms with E-state index in [4.69, 9.17) is 11.6 Å². The van der Waals surface area contributed by atoms with Gasteiger partial charge in [0.05, 0.1) is 0 Å². The van der Waals surface area contributed by atoms with Crippen molar-refractivity contribution in [3.8, 4) is 12.6 Å². The van der Waals surface area contributed by atoms with E-state index in [1.165, 1.54) is 5.54 Å². The van der Waals surface area contributed by atoms with Gasteiger partial charge in [0.1, 0.15) is 6.17 Å². The lowest BCUT2D eigenvalue weighted by Gasteiger charge is -1.54. The van der Waals surface area contributed by atoms with Crippen LogP contribution in [0.5, 0.6) is 0 Å². The molecule has 0 heterocycles. The zero-order valence-electron chi connectivity index (χ0n) is 5.08. The van der Waals surface area contributed by atoms with Crippen molar-refractivity contribution in [1.82, 2.24) is 0 Å². The monoisotopic (exact) mass is 170 g/mol. The van der Waals surface area contributed by atoms with E-state index in [0.29, 0.717) is 0 Å². The second-order valence-electron chi connectivity index (χ2n) is 0.602. The predicted molar refractivity (Wildman–Crippen MR) is 37.3 cm³/mol. The average molecular weight is 171 g/mol. The smallest absolute Gasteiger partial charge is 0.174 e. The lowest BCUT2D eigenvalue weighted by molar-refractivity contribution is 0.426. The van der Waals surface area contributed by atoms with Crippen molar-refractivity contribution < 1.29 is 13.2 Å². The first kappa shape index (κ1) is 16.1. The van der Waals surface area contributed by atoms with E-state index in [0.717, 1.165) is 6.17 Å². The van der Waals surface area contributed by atoms with Gasteiger partial charge in [0.15, 0.2) is 0 Å². The van der Waals surface area contributed by atoms with Gasteiger partial charge in [-0.3, -0.25) is 0 Å². The minimum atomic E-state index is -1.83. The molecule has 4 heteroatoms. The first-order valence-corrected chi connectivity index (χ1v) is 2.27. The molecule has 0 aromatic heterocycles. The van der Waals surface area contributed by atoms with Crippen LogP contribution in [0, 0.1) is 12.6 Å². The lowest BCUT2D eigenvalue weighted by Crippen LogP contribution is -1.33. The Morgan fingerprint density at radius 3 is 1.60 bits per heavy atom. The van der Waals surface area contributed by atoms with Crippen molar-refractivity contribution in [2.45, 2.75) is 0 Å². The highest BCUT2D eigenvalue weighted by atomic mass is 35.5. The molecule has 0 rings (SSSR count). The Labute approximate surface area is 63.0 Å². The van der Waals surface area contributed by atoms with Gasteiger partial charge in [-0.1, -0.05) is 24.6 Å². The molecule has 0 aliphatic heterocycles. The van der Waals surface area contributed by atoms with E-state index in [1.54, 1.807) is 0 Å². The zero-order chi connectivity index (χ0) is 8.99. The first-order valence-electron chi connectivity index (χ1n) is 1.84. The molecule has 0 radical (unpaired) electrons. The minimum Gasteiger partial charge on any atom is -0.174 e. The minimum absolute atomic E-state index is 0.750. The van der Waals surface area contributed by atoms with E-state index in [2.05, 4.69) is 19.6 Å². The highest BCUT2D eigenvalue weighted by Crippen LogP contribution is 1.85. The van der Waals surface area contributed by atoms with Crippen LogP contribution >= 0.6 is 11.6 Å². The van der Waals surface area contributed by atoms with Gasteiger partial charge >= 0.3 is 0 Å². The number of hydrogen-bond acceptors (Lipinski definition) is 0. The van der Waals surface area contributed by atoms with Gasteiger partial charge in [-0.15, -0.1) is 4.39 Å². The molecule has 0 aromatic carbocycles. The van der Waals surface area contributed by atoms with Gasteiger partial charge in [0, 0.05) is 0 Å². The number of terminal acetylenes is 1. The second kappa shape index (κ2) is 24.3. The van der Waals surface area contributed by atoms with Gasteiger partial charge in [0.25, 0.3) is 6.08 Å². The predicted octanol–water partition coefficient (Wildman–Crippen LogP) is 3.31. The van der Waals surface area contributed by atoms with E-state index in [-0.39, 0.29) is 0 Å². The molecule has 10 heavy (non-hydrogen) atoms. The molecule has 0 spiro atoms. The van der Waals surface area contributed by atoms with Crippen molar-refractivity contribution in [2.75, 3.05) is 0 Å². The maximum Gasteiger partial charge on any atom is 0.263 e. The highest BCUT2D eigenvalue weighted by molar-refractivity contribution is 6.25. The molecule has 0 N–H and O–H groups in total. The number of halogens is 4. The summed E-state index contributed by atoms with van der Waals surface area (Å²) in [6.07, 6.45) is 2.85. The fourth-order valence-electron chi connectivity index (χ4n) is 0. The van der Waals surface area contributed by atoms with Crippen molar-refractivity contribution in [2.24, 2.45) is 0 Å². The van der Waals surface area contributed by atoms with Crippen LogP contribution in [0.15, 0.2) is 24.8 Å². The fourth-order valence-corrected chi connectivity index (χ4v) is 0. The molecule has 58 valence electrons. The first-order chi connectivity index (χ1) is 4.56. The molecular formula is C6H6ClF3. The number of hydrogen-bond donors (Lipinski definition) is 0. The van der Waals surface area contributed by atoms with Gasteiger partial charge < -0.3 is 0 Å². The maximum atomic E-state index is 10.1. The third kappa shape index (κ3) is 344. The fraction of sp³-hybridized carbons (Fsp3) is 0. The summed E-state index contributed by atoms with van der Waals surface area (Å²) in [7, 11) is 0. The standard InChI is InChI=1S/C2H3Cl.C2H2F2.C2HF/c1-2-3;1-2(3)4;1-2-3/h2H,1H2;1H2;1H. The summed E-state index contributed by atoms with van der Waals surface area (Å²) in [6.45, 7) is 5.35. The Bertz CT molecular complexity index is 111. The Morgan fingerprint density at radius 1 is 1.60 bits per heavy atom. The molecule has 0 aromatic rings. The summed E-state index contributed by atoms with van der Waals surface area (Å²) < 4.78 is 30.1. The molecule has 0 fully saturated rings. The van der Waals surface area contributed by atoms with Gasteiger partial charge in [-0.2, -0.15) is 8.78 Å². The van der Waals surface area contributed by atoms with Crippen molar-refractivity contribution in [1.29, 1.82) is 0 Å². The molecule has 0 atom stereocenters. The van der Waals surface area contributed by atoms with Crippen LogP contribution in [0.2, 0.25) is 0 Å². The average Bonchev–Trinajstić information content (AvgIpc) is 1.65. The molecule has 0 bridgehead atoms. The summed E-state index contributed by atoms with van der Waals surface area (Å²) >= 11 is 4.76. The summed E-state index contributed by atoms with van der Waals surface area (Å²) in [5.74, 6) is 0. The summed E-state index contributed by atoms with van der Waals surface area (Å²) in [5.41, 5.74) is 1.22. The van der Waals surface area contributed by atoms with Gasteiger partial charge in [-0.25, -0.2) is 0 Å². The summed E-state index contributed by atoms with van der Waals surface area (Å²) in [5, 5.41) is 0. The van der Waals surface area contributed by atoms with Crippen LogP contribution in [0.3, 0.4) is 0 Å². The Balaban J connectivity index is -0.0000000750. The van der Waals surface area contributed by atoms with Crippen molar-refractivity contribution in [3.63, 3.8) is 0 Å². The van der Waals surface area contributed by atoms with Crippen LogP contribution in [-0.4, -0.2) is 0 Å². The van der Waals surface area contributed by atoms with Crippen LogP contribution in [0.25, 0.3) is 0 Å². The Kier molecular flexibility index (Phi) is 38.9. The molecular weight excluding hydrogens is 165 g/mol. The SMILES string of the molecule is C#CF.C=C(F)F.C=CCl. The van der Waals surface area contributed by atoms with Gasteiger partial charge in [0.2, 0.25) is 0 Å². The van der Waals surface area contributed by atoms with Crippen LogP contribution in [0.4, 0.5) is 13.2 Å². The Hall–Kier alpha value is -0.880. The van der Waals surface area contributed by atoms with E-state index in [1.807, 2.05) is 0 Å². The van der Waals surface area contributed by atoms with Crippen LogP contribution in [-0.2, 0) is 0 Å². The van der Waals surface area contributed by atoms with Crippen molar-refractivity contribution in [3.05, 3.63) is 24.8 Å². The second-order valence-corrected chi connectivity index (χ2v) is 0.911. The third-order valence-electron chi connectivity index (χ3n) is 0. The molecule has 0 amide bonds. The summed E-state index contributed by atoms with van der Waals surface area (Å²) in [4.78, 5) is 0. The molecule has 0 saturated carbocycles. The highest BCUT2D eigenvalue weighted by Gasteiger charge is 1.65. The molecule has 0 nitrogen and oxygen atoms in total. The Morgan fingerprint density at radius 2 is 1.60 bits per heavy atom.